The van der Waals surface area contributed by atoms with Crippen LogP contribution in [0.1, 0.15) is 0 Å². The predicted octanol–water partition coefficient (Wildman–Crippen LogP) is 6.52. The molecule has 3 aromatic carbocycles. The molecule has 0 spiro atoms. The van der Waals surface area contributed by atoms with Crippen LogP contribution in [0.25, 0.3) is 42.7 Å². The molecule has 0 bridgehead atoms. The highest BCUT2D eigenvalue weighted by Gasteiger charge is 2.17. The number of benzene rings is 3. The van der Waals surface area contributed by atoms with E-state index in [1.54, 1.807) is 11.3 Å². The second-order valence-corrected chi connectivity index (χ2v) is 6.83. The van der Waals surface area contributed by atoms with Crippen molar-refractivity contribution in [3.8, 4) is 11.5 Å². The third-order valence-corrected chi connectivity index (χ3v) is 5.66. The molecule has 0 atom stereocenters. The maximum absolute atomic E-state index is 6.62. The van der Waals surface area contributed by atoms with E-state index in [2.05, 4.69) is 23.2 Å². The van der Waals surface area contributed by atoms with Gasteiger partial charge in [0.25, 0.3) is 0 Å². The molecule has 0 N–H and O–H groups in total. The summed E-state index contributed by atoms with van der Waals surface area (Å²) in [6, 6.07) is 20.3. The molecule has 0 fully saturated rings. The minimum Gasteiger partial charge on any atom is -0.434 e. The Labute approximate surface area is 140 Å². The van der Waals surface area contributed by atoms with E-state index < -0.39 is 0 Å². The molecule has 0 amide bonds. The molecule has 110 valence electrons. The first kappa shape index (κ1) is 13.1. The van der Waals surface area contributed by atoms with Gasteiger partial charge in [0.1, 0.15) is 10.5 Å². The first-order valence-electron chi connectivity index (χ1n) is 7.27. The van der Waals surface area contributed by atoms with Crippen LogP contribution in [0, 0.1) is 0 Å². The second-order valence-electron chi connectivity index (χ2n) is 5.40. The number of rotatable bonds is 1. The number of oxazole rings is 1. The zero-order chi connectivity index (χ0) is 15.4. The molecule has 0 aliphatic carbocycles. The van der Waals surface area contributed by atoms with Gasteiger partial charge in [0.15, 0.2) is 5.58 Å². The van der Waals surface area contributed by atoms with E-state index in [1.165, 1.54) is 10.1 Å². The lowest BCUT2D eigenvalue weighted by Crippen LogP contribution is -1.75. The first-order valence-corrected chi connectivity index (χ1v) is 8.46. The Bertz CT molecular complexity index is 1170. The quantitative estimate of drug-likeness (QED) is 0.348. The van der Waals surface area contributed by atoms with E-state index in [1.807, 2.05) is 42.5 Å². The lowest BCUT2D eigenvalue weighted by Gasteiger charge is -1.95. The highest BCUT2D eigenvalue weighted by molar-refractivity contribution is 7.26. The number of hydrogen-bond acceptors (Lipinski definition) is 3. The van der Waals surface area contributed by atoms with Gasteiger partial charge >= 0.3 is 0 Å². The van der Waals surface area contributed by atoms with Crippen LogP contribution < -0.4 is 0 Å². The molecule has 5 aromatic rings. The standard InChI is InChI=1S/C19H10ClNOS/c20-16-17-14(21-19(22-17)11-6-2-1-3-7-11)10-13-12-8-4-5-9-15(12)23-18(13)16/h1-10H. The number of nitrogens with zero attached hydrogens (tertiary/aromatic N) is 1. The van der Waals surface area contributed by atoms with E-state index >= 15 is 0 Å². The normalized spacial score (nSPS) is 11.7. The van der Waals surface area contributed by atoms with Crippen molar-refractivity contribution in [2.75, 3.05) is 0 Å². The van der Waals surface area contributed by atoms with Crippen LogP contribution >= 0.6 is 22.9 Å². The Morgan fingerprint density at radius 3 is 2.57 bits per heavy atom. The van der Waals surface area contributed by atoms with Crippen molar-refractivity contribution in [3.05, 3.63) is 65.7 Å². The molecule has 0 unspecified atom stereocenters. The molecule has 2 aromatic heterocycles. The van der Waals surface area contributed by atoms with Crippen molar-refractivity contribution in [3.63, 3.8) is 0 Å². The van der Waals surface area contributed by atoms with Crippen LogP contribution in [0.4, 0.5) is 0 Å². The summed E-state index contributed by atoms with van der Waals surface area (Å²) in [6.45, 7) is 0. The molecule has 0 saturated heterocycles. The summed E-state index contributed by atoms with van der Waals surface area (Å²) >= 11 is 8.31. The largest absolute Gasteiger partial charge is 0.434 e. The lowest BCUT2D eigenvalue weighted by atomic mass is 10.1. The minimum absolute atomic E-state index is 0.601. The maximum Gasteiger partial charge on any atom is 0.227 e. The van der Waals surface area contributed by atoms with Gasteiger partial charge in [-0.25, -0.2) is 4.98 Å². The molecule has 23 heavy (non-hydrogen) atoms. The van der Waals surface area contributed by atoms with Crippen LogP contribution in [0.3, 0.4) is 0 Å². The third-order valence-electron chi connectivity index (χ3n) is 3.99. The highest BCUT2D eigenvalue weighted by Crippen LogP contribution is 2.42. The van der Waals surface area contributed by atoms with Crippen molar-refractivity contribution in [2.24, 2.45) is 0 Å². The van der Waals surface area contributed by atoms with Gasteiger partial charge in [-0.3, -0.25) is 0 Å². The van der Waals surface area contributed by atoms with Crippen LogP contribution in [-0.4, -0.2) is 4.98 Å². The fourth-order valence-corrected chi connectivity index (χ4v) is 4.37. The fraction of sp³-hybridized carbons (Fsp3) is 0. The Morgan fingerprint density at radius 2 is 1.70 bits per heavy atom. The average molecular weight is 336 g/mol. The molecular formula is C19H10ClNOS. The molecule has 0 saturated carbocycles. The maximum atomic E-state index is 6.62. The summed E-state index contributed by atoms with van der Waals surface area (Å²) in [6.07, 6.45) is 0. The van der Waals surface area contributed by atoms with Gasteiger partial charge in [-0.2, -0.15) is 0 Å². The van der Waals surface area contributed by atoms with Crippen molar-refractivity contribution in [1.29, 1.82) is 0 Å². The predicted molar refractivity (Wildman–Crippen MR) is 97.3 cm³/mol. The van der Waals surface area contributed by atoms with Crippen LogP contribution in [0.15, 0.2) is 65.1 Å². The summed E-state index contributed by atoms with van der Waals surface area (Å²) in [5.41, 5.74) is 2.41. The molecule has 2 heterocycles. The molecule has 5 rings (SSSR count). The lowest BCUT2D eigenvalue weighted by molar-refractivity contribution is 0.620. The Hall–Kier alpha value is -2.36. The van der Waals surface area contributed by atoms with Gasteiger partial charge in [0.2, 0.25) is 5.89 Å². The monoisotopic (exact) mass is 335 g/mol. The molecule has 0 radical (unpaired) electrons. The SMILES string of the molecule is Clc1c2oc(-c3ccccc3)nc2cc2c1sc1ccccc12. The number of thiophene rings is 1. The Kier molecular flexibility index (Phi) is 2.75. The summed E-state index contributed by atoms with van der Waals surface area (Å²) in [4.78, 5) is 4.63. The van der Waals surface area contributed by atoms with Gasteiger partial charge in [-0.05, 0) is 24.3 Å². The minimum atomic E-state index is 0.601. The van der Waals surface area contributed by atoms with E-state index in [0.717, 1.165) is 21.2 Å². The first-order chi connectivity index (χ1) is 11.3. The molecule has 2 nitrogen and oxygen atoms in total. The second kappa shape index (κ2) is 4.82. The fourth-order valence-electron chi connectivity index (χ4n) is 2.90. The summed E-state index contributed by atoms with van der Waals surface area (Å²) < 4.78 is 8.23. The van der Waals surface area contributed by atoms with Gasteiger partial charge in [0, 0.05) is 21.0 Å². The van der Waals surface area contributed by atoms with Crippen molar-refractivity contribution in [2.45, 2.75) is 0 Å². The number of hydrogen-bond donors (Lipinski definition) is 0. The van der Waals surface area contributed by atoms with Crippen LogP contribution in [-0.2, 0) is 0 Å². The Balaban J connectivity index is 1.86. The summed E-state index contributed by atoms with van der Waals surface area (Å²) in [5.74, 6) is 0.601. The van der Waals surface area contributed by atoms with E-state index in [9.17, 15) is 0 Å². The van der Waals surface area contributed by atoms with Crippen molar-refractivity contribution >= 4 is 54.2 Å². The van der Waals surface area contributed by atoms with E-state index in [4.69, 9.17) is 16.0 Å². The molecule has 0 aliphatic heterocycles. The van der Waals surface area contributed by atoms with Crippen molar-refractivity contribution in [1.82, 2.24) is 4.98 Å². The highest BCUT2D eigenvalue weighted by atomic mass is 35.5. The zero-order valence-corrected chi connectivity index (χ0v) is 13.5. The summed E-state index contributed by atoms with van der Waals surface area (Å²) in [5, 5.41) is 2.99. The Morgan fingerprint density at radius 1 is 0.913 bits per heavy atom. The van der Waals surface area contributed by atoms with Gasteiger partial charge < -0.3 is 4.42 Å². The van der Waals surface area contributed by atoms with Crippen molar-refractivity contribution < 1.29 is 4.42 Å². The van der Waals surface area contributed by atoms with Crippen LogP contribution in [0.2, 0.25) is 5.02 Å². The molecular weight excluding hydrogens is 326 g/mol. The van der Waals surface area contributed by atoms with Gasteiger partial charge in [-0.15, -0.1) is 11.3 Å². The average Bonchev–Trinajstić information content (AvgIpc) is 3.18. The smallest absolute Gasteiger partial charge is 0.227 e. The molecule has 4 heteroatoms. The topological polar surface area (TPSA) is 26.0 Å². The van der Waals surface area contributed by atoms with Gasteiger partial charge in [0.05, 0.1) is 4.70 Å². The number of halogens is 1. The summed E-state index contributed by atoms with van der Waals surface area (Å²) in [7, 11) is 0. The zero-order valence-electron chi connectivity index (χ0n) is 11.9. The number of aromatic nitrogens is 1. The van der Waals surface area contributed by atoms with Crippen LogP contribution in [0.5, 0.6) is 0 Å². The van der Waals surface area contributed by atoms with E-state index in [0.29, 0.717) is 16.5 Å². The third kappa shape index (κ3) is 1.90. The molecule has 0 aliphatic rings. The van der Waals surface area contributed by atoms with E-state index in [-0.39, 0.29) is 0 Å². The van der Waals surface area contributed by atoms with Gasteiger partial charge in [-0.1, -0.05) is 48.0 Å². The number of fused-ring (bicyclic) bond motifs is 4.